The van der Waals surface area contributed by atoms with Crippen LogP contribution >= 0.6 is 22.7 Å². The van der Waals surface area contributed by atoms with Crippen molar-refractivity contribution in [2.45, 2.75) is 44.1 Å². The summed E-state index contributed by atoms with van der Waals surface area (Å²) in [6.07, 6.45) is 7.05. The van der Waals surface area contributed by atoms with Crippen molar-refractivity contribution in [1.82, 2.24) is 4.98 Å². The van der Waals surface area contributed by atoms with Gasteiger partial charge in [-0.25, -0.2) is 4.98 Å². The van der Waals surface area contributed by atoms with Crippen LogP contribution in [0.15, 0.2) is 11.4 Å². The molecule has 0 atom stereocenters. The highest BCUT2D eigenvalue weighted by Gasteiger charge is 2.36. The molecule has 4 heteroatoms. The fraction of sp³-hybridized carbons (Fsp3) is 0.500. The van der Waals surface area contributed by atoms with Gasteiger partial charge in [0, 0.05) is 15.3 Å². The van der Waals surface area contributed by atoms with Crippen LogP contribution in [0.1, 0.15) is 40.4 Å². The molecule has 0 aliphatic heterocycles. The maximum Gasteiger partial charge on any atom is 0.113 e. The van der Waals surface area contributed by atoms with Crippen molar-refractivity contribution in [1.29, 1.82) is 0 Å². The lowest BCUT2D eigenvalue weighted by atomic mass is 9.99. The van der Waals surface area contributed by atoms with Crippen LogP contribution < -0.4 is 5.73 Å². The van der Waals surface area contributed by atoms with E-state index >= 15 is 0 Å². The van der Waals surface area contributed by atoms with Crippen LogP contribution in [0.4, 0.5) is 0 Å². The van der Waals surface area contributed by atoms with E-state index in [0.717, 1.165) is 19.3 Å². The Morgan fingerprint density at radius 1 is 1.17 bits per heavy atom. The molecule has 2 heterocycles. The molecule has 0 unspecified atom stereocenters. The van der Waals surface area contributed by atoms with Crippen LogP contribution in [0.5, 0.6) is 0 Å². The molecule has 0 radical (unpaired) electrons. The summed E-state index contributed by atoms with van der Waals surface area (Å²) in [5, 5.41) is 3.37. The van der Waals surface area contributed by atoms with E-state index in [1.807, 2.05) is 22.7 Å². The Kier molecular flexibility index (Phi) is 2.41. The number of thiophene rings is 1. The molecule has 0 aromatic carbocycles. The molecule has 1 saturated carbocycles. The van der Waals surface area contributed by atoms with Crippen molar-refractivity contribution in [3.8, 4) is 11.3 Å². The number of hydrogen-bond acceptors (Lipinski definition) is 4. The third-order valence-corrected chi connectivity index (χ3v) is 6.51. The fourth-order valence-electron chi connectivity index (χ4n) is 3.14. The number of aromatic nitrogens is 1. The SMILES string of the molecule is NC1(c2nc3c(s2)CCc2sccc2-3)CCCC1. The van der Waals surface area contributed by atoms with Crippen LogP contribution in [0.3, 0.4) is 0 Å². The smallest absolute Gasteiger partial charge is 0.113 e. The van der Waals surface area contributed by atoms with Gasteiger partial charge in [0.1, 0.15) is 5.01 Å². The monoisotopic (exact) mass is 276 g/mol. The Morgan fingerprint density at radius 2 is 1.94 bits per heavy atom. The maximum absolute atomic E-state index is 6.54. The molecule has 2 aliphatic rings. The van der Waals surface area contributed by atoms with Gasteiger partial charge >= 0.3 is 0 Å². The summed E-state index contributed by atoms with van der Waals surface area (Å²) in [6, 6.07) is 2.22. The molecular formula is C14H16N2S2. The Hall–Kier alpha value is -0.710. The molecule has 94 valence electrons. The largest absolute Gasteiger partial charge is 0.319 e. The van der Waals surface area contributed by atoms with Gasteiger partial charge in [0.25, 0.3) is 0 Å². The molecule has 0 saturated heterocycles. The summed E-state index contributed by atoms with van der Waals surface area (Å²) < 4.78 is 0. The van der Waals surface area contributed by atoms with E-state index in [0.29, 0.717) is 0 Å². The quantitative estimate of drug-likeness (QED) is 0.862. The Balaban J connectivity index is 1.82. The molecule has 1 fully saturated rings. The molecule has 0 spiro atoms. The number of nitrogens with two attached hydrogens (primary N) is 1. The first-order valence-corrected chi connectivity index (χ1v) is 8.32. The van der Waals surface area contributed by atoms with Gasteiger partial charge < -0.3 is 5.73 Å². The third-order valence-electron chi connectivity index (χ3n) is 4.20. The van der Waals surface area contributed by atoms with Gasteiger partial charge in [0.2, 0.25) is 0 Å². The van der Waals surface area contributed by atoms with E-state index in [2.05, 4.69) is 11.4 Å². The number of nitrogens with zero attached hydrogens (tertiary/aromatic N) is 1. The van der Waals surface area contributed by atoms with Crippen molar-refractivity contribution < 1.29 is 0 Å². The van der Waals surface area contributed by atoms with Gasteiger partial charge in [-0.1, -0.05) is 12.8 Å². The molecule has 2 N–H and O–H groups in total. The van der Waals surface area contributed by atoms with Crippen LogP contribution in [-0.4, -0.2) is 4.98 Å². The predicted molar refractivity (Wildman–Crippen MR) is 77.2 cm³/mol. The molecule has 4 rings (SSSR count). The average Bonchev–Trinajstić information content (AvgIpc) is 3.05. The molecule has 0 amide bonds. The number of fused-ring (bicyclic) bond motifs is 3. The fourth-order valence-corrected chi connectivity index (χ4v) is 5.25. The molecule has 2 aromatic heterocycles. The van der Waals surface area contributed by atoms with E-state index in [1.54, 1.807) is 0 Å². The van der Waals surface area contributed by atoms with Crippen molar-refractivity contribution in [2.24, 2.45) is 5.73 Å². The molecule has 2 aliphatic carbocycles. The van der Waals surface area contributed by atoms with Crippen molar-refractivity contribution in [3.05, 3.63) is 26.2 Å². The second-order valence-electron chi connectivity index (χ2n) is 5.41. The van der Waals surface area contributed by atoms with Crippen LogP contribution in [-0.2, 0) is 18.4 Å². The number of hydrogen-bond donors (Lipinski definition) is 1. The Bertz CT molecular complexity index is 591. The van der Waals surface area contributed by atoms with E-state index in [-0.39, 0.29) is 5.54 Å². The maximum atomic E-state index is 6.54. The van der Waals surface area contributed by atoms with Gasteiger partial charge in [0.05, 0.1) is 11.2 Å². The summed E-state index contributed by atoms with van der Waals surface area (Å²) >= 11 is 3.73. The highest BCUT2D eigenvalue weighted by atomic mass is 32.1. The number of rotatable bonds is 1. The topological polar surface area (TPSA) is 38.9 Å². The summed E-state index contributed by atoms with van der Waals surface area (Å²) in [6.45, 7) is 0. The highest BCUT2D eigenvalue weighted by molar-refractivity contribution is 7.12. The summed E-state index contributed by atoms with van der Waals surface area (Å²) in [7, 11) is 0. The summed E-state index contributed by atoms with van der Waals surface area (Å²) in [5.41, 5.74) is 9.01. The minimum absolute atomic E-state index is 0.127. The lowest BCUT2D eigenvalue weighted by Gasteiger charge is -2.19. The number of thiazole rings is 1. The molecule has 2 aromatic rings. The minimum atomic E-state index is -0.127. The van der Waals surface area contributed by atoms with Crippen LogP contribution in [0.25, 0.3) is 11.3 Å². The van der Waals surface area contributed by atoms with Crippen LogP contribution in [0, 0.1) is 0 Å². The van der Waals surface area contributed by atoms with E-state index in [9.17, 15) is 0 Å². The second-order valence-corrected chi connectivity index (χ2v) is 7.50. The summed E-state index contributed by atoms with van der Waals surface area (Å²) in [4.78, 5) is 7.87. The zero-order valence-electron chi connectivity index (χ0n) is 10.2. The van der Waals surface area contributed by atoms with Crippen molar-refractivity contribution in [3.63, 3.8) is 0 Å². The van der Waals surface area contributed by atoms with Crippen molar-refractivity contribution in [2.75, 3.05) is 0 Å². The molecular weight excluding hydrogens is 260 g/mol. The zero-order chi connectivity index (χ0) is 12.2. The van der Waals surface area contributed by atoms with Crippen molar-refractivity contribution >= 4 is 22.7 Å². The van der Waals surface area contributed by atoms with Gasteiger partial charge in [-0.15, -0.1) is 22.7 Å². The van der Waals surface area contributed by atoms with E-state index < -0.39 is 0 Å². The molecule has 0 bridgehead atoms. The van der Waals surface area contributed by atoms with E-state index in [4.69, 9.17) is 10.7 Å². The van der Waals surface area contributed by atoms with Crippen LogP contribution in [0.2, 0.25) is 0 Å². The highest BCUT2D eigenvalue weighted by Crippen LogP contribution is 2.44. The second kappa shape index (κ2) is 3.89. The average molecular weight is 276 g/mol. The van der Waals surface area contributed by atoms with Gasteiger partial charge in [0.15, 0.2) is 0 Å². The Morgan fingerprint density at radius 3 is 2.78 bits per heavy atom. The first-order valence-electron chi connectivity index (χ1n) is 6.62. The third kappa shape index (κ3) is 1.52. The van der Waals surface area contributed by atoms with Gasteiger partial charge in [-0.3, -0.25) is 0 Å². The predicted octanol–water partition coefficient (Wildman–Crippen LogP) is 3.70. The van der Waals surface area contributed by atoms with Gasteiger partial charge in [-0.2, -0.15) is 0 Å². The van der Waals surface area contributed by atoms with E-state index in [1.165, 1.54) is 45.3 Å². The lowest BCUT2D eigenvalue weighted by molar-refractivity contribution is 0.459. The number of aryl methyl sites for hydroxylation is 2. The minimum Gasteiger partial charge on any atom is -0.319 e. The Labute approximate surface area is 115 Å². The van der Waals surface area contributed by atoms with Gasteiger partial charge in [-0.05, 0) is 37.1 Å². The molecule has 18 heavy (non-hydrogen) atoms. The zero-order valence-corrected chi connectivity index (χ0v) is 11.9. The molecule has 2 nitrogen and oxygen atoms in total. The first-order chi connectivity index (χ1) is 8.76. The normalized spacial score (nSPS) is 20.7. The first kappa shape index (κ1) is 11.1. The lowest BCUT2D eigenvalue weighted by Crippen LogP contribution is -2.32. The standard InChI is InChI=1S/C14H16N2S2/c15-14(6-1-2-7-14)13-16-12-9-5-8-17-10(9)3-4-11(12)18-13/h5,8H,1-4,6-7,15H2. The summed E-state index contributed by atoms with van der Waals surface area (Å²) in [5.74, 6) is 0.